The van der Waals surface area contributed by atoms with Gasteiger partial charge in [-0.2, -0.15) is 0 Å². The van der Waals surface area contributed by atoms with Gasteiger partial charge in [0.15, 0.2) is 23.8 Å². The van der Waals surface area contributed by atoms with Crippen molar-refractivity contribution in [1.82, 2.24) is 59.6 Å². The number of aromatic nitrogens is 10. The topological polar surface area (TPSA) is 486 Å². The number of H-pyrrole nitrogens is 4. The van der Waals surface area contributed by atoms with E-state index in [9.17, 15) is 19.2 Å². The maximum atomic E-state index is 12.1. The highest BCUT2D eigenvalue weighted by Crippen LogP contribution is 2.27. The van der Waals surface area contributed by atoms with E-state index < -0.39 is 6.04 Å². The molecule has 0 bridgehead atoms. The smallest absolute Gasteiger partial charge is 0.322 e. The predicted molar refractivity (Wildman–Crippen MR) is 393 cm³/mol. The second kappa shape index (κ2) is 63.0. The Balaban J connectivity index is -0.000000105. The zero-order valence-electron chi connectivity index (χ0n) is 48.6. The molecule has 0 aliphatic rings. The largest absolute Gasteiger partial charge is 0.468 e. The van der Waals surface area contributed by atoms with E-state index in [1.807, 2.05) is 14.1 Å². The molecule has 0 saturated carbocycles. The summed E-state index contributed by atoms with van der Waals surface area (Å²) >= 11 is 13.5. The summed E-state index contributed by atoms with van der Waals surface area (Å²) in [4.78, 5) is 72.2. The first-order valence-electron chi connectivity index (χ1n) is 24.8. The van der Waals surface area contributed by atoms with Gasteiger partial charge in [0.2, 0.25) is 0 Å². The number of nitrogens with one attached hydrogen (secondary N) is 6. The molecule has 41 heteroatoms. The fourth-order valence-corrected chi connectivity index (χ4v) is 7.90. The molecule has 516 valence electrons. The number of esters is 1. The van der Waals surface area contributed by atoms with Gasteiger partial charge in [-0.15, -0.1) is 124 Å². The molecule has 0 fully saturated rings. The van der Waals surface area contributed by atoms with E-state index in [0.717, 1.165) is 105 Å². The molecule has 1 unspecified atom stereocenters. The summed E-state index contributed by atoms with van der Waals surface area (Å²) in [5.41, 5.74) is 58.2. The summed E-state index contributed by atoms with van der Waals surface area (Å²) < 4.78 is 11.4. The SMILES string of the molecule is COC(=O)C(N)CCCCN.Cl.Cl.Cl.Cl.Cl.Cl.Cl.Cl.Cl.Cl.Cn1c(C(=O)NCCCCc2cnc(N)[nH]2)cc(Br)c1Br.Cn1c(C(=O)NCCc2cnc(N)[nH]2)cc(Br)c1Br.NCCC(=O)CN.NCCCCc1cnc(N)[nH]1.NCCc1cnc(N)[nH]1. The number of carbonyl (C=O) groups is 4. The number of carbonyl (C=O) groups excluding carboxylic acids is 4. The summed E-state index contributed by atoms with van der Waals surface area (Å²) in [7, 11) is 5.00. The van der Waals surface area contributed by atoms with Crippen LogP contribution in [-0.2, 0) is 54.1 Å². The lowest BCUT2D eigenvalue weighted by atomic mass is 10.1. The van der Waals surface area contributed by atoms with E-state index in [1.54, 1.807) is 46.1 Å². The number of nitrogens with two attached hydrogens (primary N) is 10. The predicted octanol–water partition coefficient (Wildman–Crippen LogP) is 6.90. The third-order valence-electron chi connectivity index (χ3n) is 10.6. The van der Waals surface area contributed by atoms with Crippen molar-refractivity contribution in [1.29, 1.82) is 0 Å². The number of halogens is 14. The number of aryl methyl sites for hydroxylation is 2. The van der Waals surface area contributed by atoms with Gasteiger partial charge >= 0.3 is 5.97 Å². The van der Waals surface area contributed by atoms with Crippen LogP contribution in [0.15, 0.2) is 55.1 Å². The third-order valence-corrected chi connectivity index (χ3v) is 14.8. The van der Waals surface area contributed by atoms with E-state index in [4.69, 9.17) is 57.3 Å². The van der Waals surface area contributed by atoms with Crippen LogP contribution in [0, 0.1) is 0 Å². The monoisotopic (exact) mass is 1710 g/mol. The van der Waals surface area contributed by atoms with Crippen LogP contribution < -0.4 is 68.0 Å². The van der Waals surface area contributed by atoms with Gasteiger partial charge in [0.1, 0.15) is 23.2 Å². The number of hydrogen-bond acceptors (Lipinski definition) is 19. The van der Waals surface area contributed by atoms with Gasteiger partial charge in [-0.05, 0) is 153 Å². The standard InChI is InChI=1S/C13H17Br2N5O.C11H13Br2N5O.C7H14N4.C7H16N2O2.C5H10N4.C4H10N2O.10ClH/c1-20-10(6-9(14)11(20)15)12(21)17-5-3-2-4-8-7-18-13(16)19-8;1-18-8(4-7(12)9(18)13)10(19)15-3-2-6-5-16-11(14)17-6;8-4-2-1-3-6-5-10-7(9)11-6;1-11-7(10)6(9)4-2-3-5-8;6-2-1-4-3-8-5(7)9-4;5-2-1-4(7)3-6;;;;;;;;;;/h6-7H,2-5H2,1H3,(H,17,21)(H3,16,18,19);4-5H,2-3H2,1H3,(H,15,19)(H3,14,16,17);5H,1-4,8H2,(H3,9,10,11);6H,2-5,8-9H2,1H3;3H,1-2,6H2,(H3,7,8,9);1-3,5-6H2;10*1H. The number of aromatic amines is 4. The first kappa shape index (κ1) is 107. The maximum absolute atomic E-state index is 12.1. The number of Topliss-reactive ketones (excluding diaryl/α,β-unsaturated/α-hetero) is 1. The molecule has 6 aromatic rings. The van der Waals surface area contributed by atoms with Crippen molar-refractivity contribution in [3.8, 4) is 0 Å². The Bertz CT molecular complexity index is 2670. The summed E-state index contributed by atoms with van der Waals surface area (Å²) in [5, 5.41) is 5.77. The number of nitrogen functional groups attached to an aromatic ring is 4. The molecular formula is C47H90Br4Cl10N22O5. The Kier molecular flexibility index (Phi) is 76.6. The number of hydrogen-bond donors (Lipinski definition) is 16. The van der Waals surface area contributed by atoms with Gasteiger partial charge in [-0.3, -0.25) is 19.2 Å². The molecule has 26 N–H and O–H groups in total. The van der Waals surface area contributed by atoms with E-state index in [0.29, 0.717) is 87.2 Å². The van der Waals surface area contributed by atoms with Crippen LogP contribution in [0.1, 0.15) is 95.1 Å². The Morgan fingerprint density at radius 3 is 1.16 bits per heavy atom. The first-order valence-corrected chi connectivity index (χ1v) is 27.9. The Hall–Kier alpha value is -2.74. The molecule has 0 spiro atoms. The molecule has 6 aromatic heterocycles. The third kappa shape index (κ3) is 45.5. The number of nitrogens with zero attached hydrogens (tertiary/aromatic N) is 6. The Morgan fingerprint density at radius 2 is 0.864 bits per heavy atom. The van der Waals surface area contributed by atoms with Gasteiger partial charge in [0.05, 0.1) is 56.6 Å². The summed E-state index contributed by atoms with van der Waals surface area (Å²) in [6.07, 6.45) is 17.1. The molecule has 27 nitrogen and oxygen atoms in total. The second-order valence-electron chi connectivity index (χ2n) is 16.8. The molecule has 6 heterocycles. The highest BCUT2D eigenvalue weighted by atomic mass is 79.9. The van der Waals surface area contributed by atoms with Gasteiger partial charge in [-0.25, -0.2) is 19.9 Å². The van der Waals surface area contributed by atoms with E-state index in [1.165, 1.54) is 7.11 Å². The van der Waals surface area contributed by atoms with Crippen molar-refractivity contribution >= 4 is 235 Å². The van der Waals surface area contributed by atoms with Crippen LogP contribution in [0.3, 0.4) is 0 Å². The van der Waals surface area contributed by atoms with Crippen LogP contribution in [0.2, 0.25) is 0 Å². The molecule has 0 radical (unpaired) electrons. The molecule has 0 saturated heterocycles. The van der Waals surface area contributed by atoms with Crippen LogP contribution in [0.25, 0.3) is 0 Å². The summed E-state index contributed by atoms with van der Waals surface area (Å²) in [5.74, 6) is 1.27. The molecule has 6 rings (SSSR count). The molecule has 0 aromatic carbocycles. The Morgan fingerprint density at radius 1 is 0.511 bits per heavy atom. The van der Waals surface area contributed by atoms with E-state index in [-0.39, 0.29) is 154 Å². The average molecular weight is 1720 g/mol. The molecule has 0 aliphatic heterocycles. The quantitative estimate of drug-likeness (QED) is 0.0216. The minimum Gasteiger partial charge on any atom is -0.468 e. The molecule has 2 amide bonds. The lowest BCUT2D eigenvalue weighted by Crippen LogP contribution is -2.31. The van der Waals surface area contributed by atoms with Crippen molar-refractivity contribution in [3.63, 3.8) is 0 Å². The van der Waals surface area contributed by atoms with Gasteiger partial charge in [0, 0.05) is 69.2 Å². The minimum absolute atomic E-state index is 0. The second-order valence-corrected chi connectivity index (χ2v) is 20.0. The number of methoxy groups -OCH3 is 1. The molecule has 1 atom stereocenters. The van der Waals surface area contributed by atoms with E-state index >= 15 is 0 Å². The van der Waals surface area contributed by atoms with Crippen molar-refractivity contribution in [2.45, 2.75) is 83.1 Å². The lowest BCUT2D eigenvalue weighted by Gasteiger charge is -2.07. The van der Waals surface area contributed by atoms with Crippen molar-refractivity contribution in [2.75, 3.05) is 75.9 Å². The average Bonchev–Trinajstić information content (AvgIpc) is 4.30. The van der Waals surface area contributed by atoms with Crippen LogP contribution in [0.5, 0.6) is 0 Å². The van der Waals surface area contributed by atoms with Crippen LogP contribution in [-0.4, -0.2) is 132 Å². The summed E-state index contributed by atoms with van der Waals surface area (Å²) in [6, 6.07) is 3.09. The van der Waals surface area contributed by atoms with Crippen molar-refractivity contribution in [2.24, 2.45) is 48.5 Å². The van der Waals surface area contributed by atoms with Gasteiger partial charge < -0.3 is 102 Å². The number of ether oxygens (including phenoxy) is 1. The zero-order valence-corrected chi connectivity index (χ0v) is 63.1. The fraction of sp³-hybridized carbons (Fsp3) is 0.489. The van der Waals surface area contributed by atoms with Crippen molar-refractivity contribution < 1.29 is 23.9 Å². The maximum Gasteiger partial charge on any atom is 0.322 e. The van der Waals surface area contributed by atoms with Gasteiger partial charge in [-0.1, -0.05) is 6.42 Å². The lowest BCUT2D eigenvalue weighted by molar-refractivity contribution is -0.142. The molecule has 0 aliphatic carbocycles. The zero-order chi connectivity index (χ0) is 58.6. The van der Waals surface area contributed by atoms with Gasteiger partial charge in [0.25, 0.3) is 11.8 Å². The van der Waals surface area contributed by atoms with Crippen LogP contribution in [0.4, 0.5) is 23.8 Å². The Labute approximate surface area is 609 Å². The minimum atomic E-state index is -0.480. The number of amides is 2. The summed E-state index contributed by atoms with van der Waals surface area (Å²) in [6.45, 7) is 3.72. The van der Waals surface area contributed by atoms with E-state index in [2.05, 4.69) is 119 Å². The fourth-order valence-electron chi connectivity index (χ4n) is 6.33. The number of anilines is 4. The first-order chi connectivity index (χ1) is 37.2. The number of unbranched alkanes of at least 4 members (excludes halogenated alkanes) is 3. The highest BCUT2D eigenvalue weighted by molar-refractivity contribution is 9.13. The van der Waals surface area contributed by atoms with Crippen LogP contribution >= 0.6 is 188 Å². The number of rotatable bonds is 24. The number of imidazole rings is 4. The normalized spacial score (nSPS) is 9.47. The molecule has 88 heavy (non-hydrogen) atoms. The highest BCUT2D eigenvalue weighted by Gasteiger charge is 2.16. The number of ketones is 1. The van der Waals surface area contributed by atoms with Crippen molar-refractivity contribution in [3.05, 3.63) is 89.2 Å². The molecular weight excluding hydrogens is 1630 g/mol.